The van der Waals surface area contributed by atoms with E-state index in [2.05, 4.69) is 0 Å². The fourth-order valence-corrected chi connectivity index (χ4v) is 4.09. The van der Waals surface area contributed by atoms with Crippen molar-refractivity contribution in [2.24, 2.45) is 0 Å². The van der Waals surface area contributed by atoms with Crippen molar-refractivity contribution in [2.75, 3.05) is 0 Å². The van der Waals surface area contributed by atoms with Gasteiger partial charge in [-0.25, -0.2) is 8.78 Å². The van der Waals surface area contributed by atoms with Gasteiger partial charge in [0, 0.05) is 34.5 Å². The summed E-state index contributed by atoms with van der Waals surface area (Å²) in [5, 5.41) is 11.2. The summed E-state index contributed by atoms with van der Waals surface area (Å²) < 4.78 is 27.4. The van der Waals surface area contributed by atoms with Crippen molar-refractivity contribution in [3.63, 3.8) is 0 Å². The topological polar surface area (TPSA) is 63.5 Å². The maximum Gasteiger partial charge on any atom is 0.270 e. The van der Waals surface area contributed by atoms with E-state index < -0.39 is 22.7 Å². The fraction of sp³-hybridized carbons (Fsp3) is 0.227. The number of benzene rings is 1. The molecule has 0 radical (unpaired) electrons. The zero-order valence-corrected chi connectivity index (χ0v) is 15.9. The van der Waals surface area contributed by atoms with Gasteiger partial charge in [-0.1, -0.05) is 24.3 Å². The van der Waals surface area contributed by atoms with E-state index in [4.69, 9.17) is 0 Å². The summed E-state index contributed by atoms with van der Waals surface area (Å²) in [5.41, 5.74) is 1.67. The van der Waals surface area contributed by atoms with Crippen LogP contribution >= 0.6 is 0 Å². The molecule has 0 amide bonds. The van der Waals surface area contributed by atoms with E-state index in [1.807, 2.05) is 43.0 Å². The summed E-state index contributed by atoms with van der Waals surface area (Å²) in [6, 6.07) is 7.56. The van der Waals surface area contributed by atoms with E-state index in [9.17, 15) is 23.7 Å². The van der Waals surface area contributed by atoms with Crippen molar-refractivity contribution >= 4 is 11.5 Å². The quantitative estimate of drug-likeness (QED) is 0.422. The molecule has 0 saturated heterocycles. The van der Waals surface area contributed by atoms with Crippen LogP contribution in [0.3, 0.4) is 0 Å². The van der Waals surface area contributed by atoms with Crippen LogP contribution in [-0.2, 0) is 11.2 Å². The summed E-state index contributed by atoms with van der Waals surface area (Å²) in [6.07, 6.45) is 3.99. The number of fused-ring (bicyclic) bond motifs is 3. The first-order valence-corrected chi connectivity index (χ1v) is 9.12. The van der Waals surface area contributed by atoms with Crippen molar-refractivity contribution in [3.8, 4) is 0 Å². The van der Waals surface area contributed by atoms with Gasteiger partial charge < -0.3 is 4.90 Å². The molecule has 1 aromatic carbocycles. The Morgan fingerprint density at radius 2 is 1.86 bits per heavy atom. The summed E-state index contributed by atoms with van der Waals surface area (Å²) in [7, 11) is 0. The molecule has 0 spiro atoms. The Labute approximate surface area is 166 Å². The van der Waals surface area contributed by atoms with Gasteiger partial charge in [-0.05, 0) is 44.1 Å². The third kappa shape index (κ3) is 3.12. The lowest BCUT2D eigenvalue weighted by molar-refractivity contribution is -0.419. The minimum atomic E-state index is -2.74. The molecule has 0 N–H and O–H groups in total. The van der Waals surface area contributed by atoms with Crippen molar-refractivity contribution in [2.45, 2.75) is 32.2 Å². The molecule has 0 aromatic heterocycles. The van der Waals surface area contributed by atoms with Crippen LogP contribution in [0, 0.1) is 10.1 Å². The number of alkyl halides is 2. The predicted molar refractivity (Wildman–Crippen MR) is 104 cm³/mol. The second-order valence-corrected chi connectivity index (χ2v) is 7.78. The maximum absolute atomic E-state index is 13.7. The highest BCUT2D eigenvalue weighted by Crippen LogP contribution is 2.45. The molecule has 0 atom stereocenters. The smallest absolute Gasteiger partial charge is 0.270 e. The Hall–Kier alpha value is -3.35. The summed E-state index contributed by atoms with van der Waals surface area (Å²) in [6.45, 7) is 3.92. The summed E-state index contributed by atoms with van der Waals surface area (Å²) >= 11 is 0. The first-order valence-electron chi connectivity index (χ1n) is 9.12. The summed E-state index contributed by atoms with van der Waals surface area (Å²) in [5.74, 6) is -0.452. The molecule has 1 aliphatic carbocycles. The molecule has 0 unspecified atom stereocenters. The second kappa shape index (κ2) is 6.62. The lowest BCUT2D eigenvalue weighted by Gasteiger charge is -2.49. The number of carbonyl (C=O) groups excluding carboxylic acids is 1. The van der Waals surface area contributed by atoms with Gasteiger partial charge in [0.2, 0.25) is 0 Å². The van der Waals surface area contributed by atoms with E-state index in [1.54, 1.807) is 0 Å². The highest BCUT2D eigenvalue weighted by molar-refractivity contribution is 6.08. The zero-order chi connectivity index (χ0) is 20.9. The number of allylic oxidation sites excluding steroid dienone is 7. The van der Waals surface area contributed by atoms with Crippen LogP contribution in [0.5, 0.6) is 0 Å². The van der Waals surface area contributed by atoms with Crippen LogP contribution in [0.15, 0.2) is 77.2 Å². The molecule has 0 fully saturated rings. The molecule has 2 heterocycles. The van der Waals surface area contributed by atoms with Gasteiger partial charge in [0.25, 0.3) is 12.1 Å². The Bertz CT molecular complexity index is 1090. The van der Waals surface area contributed by atoms with Gasteiger partial charge in [0.15, 0.2) is 5.78 Å². The van der Waals surface area contributed by atoms with Gasteiger partial charge in [0.05, 0.1) is 16.2 Å². The first-order chi connectivity index (χ1) is 13.7. The van der Waals surface area contributed by atoms with E-state index in [1.165, 1.54) is 12.2 Å². The van der Waals surface area contributed by atoms with E-state index >= 15 is 0 Å². The standard InChI is InChI=1S/C22H18F2N2O3/c1-22(2)12-13-5-3-4-6-16(13)18-9-14(21(23)24)10-19(25(18)22)17-11-15(26(28)29)7-8-20(17)27/h3-11,21H,12H2,1-2H3. The molecule has 0 bridgehead atoms. The highest BCUT2D eigenvalue weighted by Gasteiger charge is 2.41. The van der Waals surface area contributed by atoms with Crippen LogP contribution in [0.1, 0.15) is 25.0 Å². The minimum Gasteiger partial charge on any atom is -0.334 e. The Morgan fingerprint density at radius 3 is 2.55 bits per heavy atom. The van der Waals surface area contributed by atoms with Crippen molar-refractivity contribution in [1.82, 2.24) is 4.90 Å². The third-order valence-corrected chi connectivity index (χ3v) is 5.31. The average Bonchev–Trinajstić information content (AvgIpc) is 2.67. The second-order valence-electron chi connectivity index (χ2n) is 7.78. The molecule has 0 saturated carbocycles. The minimum absolute atomic E-state index is 0.0374. The van der Waals surface area contributed by atoms with E-state index in [0.717, 1.165) is 29.4 Å². The van der Waals surface area contributed by atoms with Gasteiger partial charge >= 0.3 is 0 Å². The first kappa shape index (κ1) is 19.0. The fourth-order valence-electron chi connectivity index (χ4n) is 4.09. The number of carbonyl (C=O) groups is 1. The van der Waals surface area contributed by atoms with Gasteiger partial charge in [-0.15, -0.1) is 0 Å². The van der Waals surface area contributed by atoms with Gasteiger partial charge in [0.1, 0.15) is 0 Å². The SMILES string of the molecule is CC1(C)Cc2ccccc2C2=CC(C(F)F)=CC(=C3C=C([N+](=O)[O-])C=CC3=O)N21. The predicted octanol–water partition coefficient (Wildman–Crippen LogP) is 4.42. The molecule has 4 rings (SSSR count). The number of hydrogen-bond acceptors (Lipinski definition) is 4. The van der Waals surface area contributed by atoms with Crippen molar-refractivity contribution in [1.29, 1.82) is 0 Å². The number of rotatable bonds is 2. The molecule has 5 nitrogen and oxygen atoms in total. The monoisotopic (exact) mass is 396 g/mol. The maximum atomic E-state index is 13.7. The molecule has 3 aliphatic rings. The van der Waals surface area contributed by atoms with E-state index in [-0.39, 0.29) is 22.5 Å². The number of ketones is 1. The van der Waals surface area contributed by atoms with Gasteiger partial charge in [-0.3, -0.25) is 14.9 Å². The Morgan fingerprint density at radius 1 is 1.14 bits per heavy atom. The summed E-state index contributed by atoms with van der Waals surface area (Å²) in [4.78, 5) is 25.1. The average molecular weight is 396 g/mol. The van der Waals surface area contributed by atoms with Crippen LogP contribution in [-0.4, -0.2) is 27.6 Å². The van der Waals surface area contributed by atoms with Crippen molar-refractivity contribution < 1.29 is 18.5 Å². The number of hydrogen-bond donors (Lipinski definition) is 0. The largest absolute Gasteiger partial charge is 0.334 e. The molecule has 7 heteroatoms. The van der Waals surface area contributed by atoms with Gasteiger partial charge in [-0.2, -0.15) is 0 Å². The number of nitrogens with zero attached hydrogens (tertiary/aromatic N) is 2. The van der Waals surface area contributed by atoms with Crippen LogP contribution in [0.2, 0.25) is 0 Å². The lowest BCUT2D eigenvalue weighted by atomic mass is 9.80. The highest BCUT2D eigenvalue weighted by atomic mass is 19.3. The lowest BCUT2D eigenvalue weighted by Crippen LogP contribution is -2.48. The van der Waals surface area contributed by atoms with Crippen molar-refractivity contribution in [3.05, 3.63) is 98.4 Å². The zero-order valence-electron chi connectivity index (χ0n) is 15.9. The van der Waals surface area contributed by atoms with E-state index in [0.29, 0.717) is 12.1 Å². The van der Waals surface area contributed by atoms with Crippen LogP contribution < -0.4 is 0 Å². The molecular formula is C22H18F2N2O3. The molecule has 1 aromatic rings. The third-order valence-electron chi connectivity index (χ3n) is 5.31. The number of nitro groups is 1. The van der Waals surface area contributed by atoms with Crippen LogP contribution in [0.25, 0.3) is 5.70 Å². The number of halogens is 2. The molecular weight excluding hydrogens is 378 g/mol. The normalized spacial score (nSPS) is 22.6. The Balaban J connectivity index is 2.01. The molecule has 148 valence electrons. The Kier molecular flexibility index (Phi) is 4.33. The molecule has 29 heavy (non-hydrogen) atoms. The molecule has 2 aliphatic heterocycles. The van der Waals surface area contributed by atoms with Crippen LogP contribution in [0.4, 0.5) is 8.78 Å².